The van der Waals surface area contributed by atoms with Crippen LogP contribution >= 0.6 is 0 Å². The number of anilines is 1. The van der Waals surface area contributed by atoms with Gasteiger partial charge in [0.05, 0.1) is 25.3 Å². The van der Waals surface area contributed by atoms with Crippen LogP contribution in [0.3, 0.4) is 0 Å². The molecular formula is C37H44FN5O13. The third-order valence-electron chi connectivity index (χ3n) is 9.08. The van der Waals surface area contributed by atoms with Crippen LogP contribution in [-0.2, 0) is 45.4 Å². The number of aryl methyl sites for hydroxylation is 3. The Balaban J connectivity index is 1.22. The van der Waals surface area contributed by atoms with Gasteiger partial charge < -0.3 is 37.6 Å². The van der Waals surface area contributed by atoms with Gasteiger partial charge >= 0.3 is 35.9 Å². The molecule has 3 atom stereocenters. The molecule has 56 heavy (non-hydrogen) atoms. The molecule has 3 aromatic heterocycles. The molecule has 0 aliphatic carbocycles. The summed E-state index contributed by atoms with van der Waals surface area (Å²) < 4.78 is 53.4. The number of amides is 1. The highest BCUT2D eigenvalue weighted by atomic mass is 19.1. The van der Waals surface area contributed by atoms with E-state index in [-0.39, 0.29) is 54.6 Å². The molecule has 0 unspecified atom stereocenters. The van der Waals surface area contributed by atoms with Crippen molar-refractivity contribution in [3.63, 3.8) is 0 Å². The Hall–Kier alpha value is -5.69. The number of aliphatic hydroxyl groups excluding tert-OH is 1. The van der Waals surface area contributed by atoms with Crippen molar-refractivity contribution >= 4 is 41.0 Å². The smallest absolute Gasteiger partial charge is 0.462 e. The molecular weight excluding hydrogens is 741 g/mol. The standard InChI is InChI=1S/C37H44FN5O13/c1-18-10-19(2)28(22(11-18)53-21(4)44)35(5,6)13-26(46)51-16-37(9)24(45)12-25(55-37)43-17-39-29-30(40-32(38)42-31(29)43)41-33(48)56-36(7,8)14-27(47)50-15-23-20(3)52-34(49)54-23/h10-11,17,24-25,45H,12-16H2,1-9H3,(H,40,41,42,48)/t24-,25+,37+/m0/s1. The summed E-state index contributed by atoms with van der Waals surface area (Å²) in [6, 6.07) is 3.67. The predicted molar refractivity (Wildman–Crippen MR) is 191 cm³/mol. The minimum Gasteiger partial charge on any atom is -0.462 e. The van der Waals surface area contributed by atoms with E-state index in [1.807, 2.05) is 33.8 Å². The Morgan fingerprint density at radius 3 is 2.41 bits per heavy atom. The van der Waals surface area contributed by atoms with Crippen molar-refractivity contribution in [2.45, 2.75) is 117 Å². The highest BCUT2D eigenvalue weighted by Gasteiger charge is 2.47. The van der Waals surface area contributed by atoms with Crippen LogP contribution in [-0.4, -0.2) is 72.5 Å². The van der Waals surface area contributed by atoms with Crippen molar-refractivity contribution in [1.82, 2.24) is 19.5 Å². The van der Waals surface area contributed by atoms with Crippen molar-refractivity contribution in [2.24, 2.45) is 0 Å². The number of halogens is 1. The average Bonchev–Trinajstić information content (AvgIpc) is 3.71. The molecule has 0 bridgehead atoms. The average molecular weight is 786 g/mol. The van der Waals surface area contributed by atoms with Crippen LogP contribution in [0, 0.1) is 26.8 Å². The molecule has 1 fully saturated rings. The van der Waals surface area contributed by atoms with E-state index in [4.69, 9.17) is 32.5 Å². The summed E-state index contributed by atoms with van der Waals surface area (Å²) >= 11 is 0. The Bertz CT molecular complexity index is 2220. The van der Waals surface area contributed by atoms with Crippen LogP contribution in [0.2, 0.25) is 0 Å². The number of carbonyl (C=O) groups is 4. The quantitative estimate of drug-likeness (QED) is 0.0804. The number of nitrogens with zero attached hydrogens (tertiary/aromatic N) is 4. The van der Waals surface area contributed by atoms with Crippen LogP contribution in [0.25, 0.3) is 11.2 Å². The molecule has 1 saturated heterocycles. The van der Waals surface area contributed by atoms with Gasteiger partial charge in [-0.25, -0.2) is 14.6 Å². The van der Waals surface area contributed by atoms with Gasteiger partial charge in [0.25, 0.3) is 0 Å². The van der Waals surface area contributed by atoms with E-state index in [0.29, 0.717) is 11.3 Å². The van der Waals surface area contributed by atoms with Gasteiger partial charge in [-0.05, 0) is 58.7 Å². The van der Waals surface area contributed by atoms with Crippen molar-refractivity contribution < 1.29 is 61.2 Å². The number of fused-ring (bicyclic) bond motifs is 1. The number of aliphatic hydroxyl groups is 1. The second-order valence-electron chi connectivity index (χ2n) is 15.1. The summed E-state index contributed by atoms with van der Waals surface area (Å²) in [6.45, 7) is 13.9. The largest absolute Gasteiger partial charge is 0.519 e. The molecule has 4 heterocycles. The lowest BCUT2D eigenvalue weighted by Crippen LogP contribution is -2.42. The summed E-state index contributed by atoms with van der Waals surface area (Å²) in [5.41, 5.74) is -1.34. The van der Waals surface area contributed by atoms with Gasteiger partial charge in [0.15, 0.2) is 35.1 Å². The van der Waals surface area contributed by atoms with E-state index in [2.05, 4.69) is 20.3 Å². The number of aromatic nitrogens is 4. The second kappa shape index (κ2) is 15.8. The maximum Gasteiger partial charge on any atom is 0.519 e. The summed E-state index contributed by atoms with van der Waals surface area (Å²) in [6.07, 6.45) is -3.66. The summed E-state index contributed by atoms with van der Waals surface area (Å²) in [5, 5.41) is 13.4. The number of hydrogen-bond donors (Lipinski definition) is 2. The zero-order chi connectivity index (χ0) is 41.3. The molecule has 18 nitrogen and oxygen atoms in total. The zero-order valence-corrected chi connectivity index (χ0v) is 32.4. The van der Waals surface area contributed by atoms with E-state index in [1.54, 1.807) is 13.0 Å². The van der Waals surface area contributed by atoms with Gasteiger partial charge in [0.1, 0.15) is 29.8 Å². The van der Waals surface area contributed by atoms with Crippen molar-refractivity contribution in [2.75, 3.05) is 11.9 Å². The maximum atomic E-state index is 14.8. The van der Waals surface area contributed by atoms with Crippen molar-refractivity contribution in [3.05, 3.63) is 63.4 Å². The summed E-state index contributed by atoms with van der Waals surface area (Å²) in [4.78, 5) is 73.2. The number of nitrogens with one attached hydrogen (secondary N) is 1. The predicted octanol–water partition coefficient (Wildman–Crippen LogP) is 4.77. The molecule has 1 amide bonds. The monoisotopic (exact) mass is 785 g/mol. The molecule has 0 saturated carbocycles. The number of ether oxygens (including phenoxy) is 5. The van der Waals surface area contributed by atoms with Crippen LogP contribution in [0.15, 0.2) is 32.1 Å². The first-order valence-electron chi connectivity index (χ1n) is 17.5. The SMILES string of the molecule is CC(=O)Oc1cc(C)cc(C)c1C(C)(C)CC(=O)OC[C@@]1(C)O[C@@H](n2cnc3c(NC(=O)OC(C)(C)CC(=O)OCc4oc(=O)oc4C)nc(F)nc32)C[C@@H]1O. The molecule has 19 heteroatoms. The summed E-state index contributed by atoms with van der Waals surface area (Å²) in [7, 11) is 0. The number of benzene rings is 1. The highest BCUT2D eigenvalue weighted by Crippen LogP contribution is 2.40. The number of rotatable bonds is 13. The fourth-order valence-electron chi connectivity index (χ4n) is 6.58. The molecule has 1 aromatic carbocycles. The van der Waals surface area contributed by atoms with E-state index in [1.165, 1.54) is 38.6 Å². The molecule has 4 aromatic rings. The molecule has 1 aliphatic heterocycles. The van der Waals surface area contributed by atoms with Gasteiger partial charge in [-0.3, -0.25) is 24.3 Å². The normalized spacial score (nSPS) is 18.5. The van der Waals surface area contributed by atoms with Crippen molar-refractivity contribution in [3.8, 4) is 5.75 Å². The first kappa shape index (κ1) is 41.5. The van der Waals surface area contributed by atoms with Gasteiger partial charge in [-0.1, -0.05) is 19.9 Å². The third kappa shape index (κ3) is 9.57. The highest BCUT2D eigenvalue weighted by molar-refractivity contribution is 5.93. The fraction of sp³-hybridized carbons (Fsp3) is 0.514. The van der Waals surface area contributed by atoms with Gasteiger partial charge in [-0.15, -0.1) is 0 Å². The molecule has 1 aliphatic rings. The first-order chi connectivity index (χ1) is 26.1. The number of imidazole rings is 1. The fourth-order valence-corrected chi connectivity index (χ4v) is 6.58. The lowest BCUT2D eigenvalue weighted by molar-refractivity contribution is -0.163. The third-order valence-corrected chi connectivity index (χ3v) is 9.08. The lowest BCUT2D eigenvalue weighted by Gasteiger charge is -2.30. The van der Waals surface area contributed by atoms with Crippen LogP contribution < -0.4 is 15.9 Å². The van der Waals surface area contributed by atoms with Crippen LogP contribution in [0.4, 0.5) is 15.0 Å². The number of esters is 3. The topological polar surface area (TPSA) is 234 Å². The Morgan fingerprint density at radius 1 is 1.05 bits per heavy atom. The molecule has 2 N–H and O–H groups in total. The van der Waals surface area contributed by atoms with Gasteiger partial charge in [0.2, 0.25) is 0 Å². The Labute approximate surface area is 319 Å². The number of hydrogen-bond acceptors (Lipinski definition) is 16. The molecule has 302 valence electrons. The minimum absolute atomic E-state index is 0.0215. The minimum atomic E-state index is -1.42. The van der Waals surface area contributed by atoms with E-state index >= 15 is 0 Å². The molecule has 5 rings (SSSR count). The van der Waals surface area contributed by atoms with Crippen LogP contribution in [0.5, 0.6) is 5.75 Å². The van der Waals surface area contributed by atoms with E-state index in [9.17, 15) is 33.5 Å². The number of carbonyl (C=O) groups excluding carboxylic acids is 4. The molecule has 0 spiro atoms. The molecule has 0 radical (unpaired) electrons. The van der Waals surface area contributed by atoms with E-state index in [0.717, 1.165) is 11.1 Å². The van der Waals surface area contributed by atoms with Crippen molar-refractivity contribution in [1.29, 1.82) is 0 Å². The van der Waals surface area contributed by atoms with Gasteiger partial charge in [0, 0.05) is 24.3 Å². The zero-order valence-electron chi connectivity index (χ0n) is 32.4. The maximum absolute atomic E-state index is 14.8. The Morgan fingerprint density at radius 2 is 1.75 bits per heavy atom. The lowest BCUT2D eigenvalue weighted by atomic mass is 9.78. The first-order valence-corrected chi connectivity index (χ1v) is 17.5. The Kier molecular flexibility index (Phi) is 11.7. The van der Waals surface area contributed by atoms with Crippen LogP contribution in [0.1, 0.15) is 95.2 Å². The van der Waals surface area contributed by atoms with E-state index < -0.39 is 71.3 Å². The second-order valence-corrected chi connectivity index (χ2v) is 15.1. The summed E-state index contributed by atoms with van der Waals surface area (Å²) in [5.74, 6) is -2.61. The van der Waals surface area contributed by atoms with Gasteiger partial charge in [-0.2, -0.15) is 14.4 Å².